The van der Waals surface area contributed by atoms with Crippen molar-refractivity contribution in [2.75, 3.05) is 20.3 Å². The van der Waals surface area contributed by atoms with Gasteiger partial charge in [-0.05, 0) is 19.1 Å². The van der Waals surface area contributed by atoms with Crippen LogP contribution in [0.5, 0.6) is 11.5 Å². The fourth-order valence-corrected chi connectivity index (χ4v) is 1.51. The van der Waals surface area contributed by atoms with E-state index in [1.807, 2.05) is 0 Å². The quantitative estimate of drug-likeness (QED) is 0.453. The summed E-state index contributed by atoms with van der Waals surface area (Å²) >= 11 is 0. The Bertz CT molecular complexity index is 627. The maximum absolute atomic E-state index is 11.6. The van der Waals surface area contributed by atoms with Crippen molar-refractivity contribution in [1.29, 1.82) is 5.26 Å². The van der Waals surface area contributed by atoms with Gasteiger partial charge in [-0.2, -0.15) is 5.26 Å². The second kappa shape index (κ2) is 8.32. The highest BCUT2D eigenvalue weighted by molar-refractivity contribution is 6.01. The fraction of sp³-hybridized carbons (Fsp3) is 0.267. The zero-order valence-corrected chi connectivity index (χ0v) is 12.3. The normalized spacial score (nSPS) is 11.0. The number of allylic oxidation sites excluding steroid dienone is 1. The molecule has 1 rings (SSSR count). The van der Waals surface area contributed by atoms with Crippen molar-refractivity contribution in [3.05, 3.63) is 35.5 Å². The van der Waals surface area contributed by atoms with Crippen LogP contribution in [0, 0.1) is 11.3 Å². The molecule has 0 bridgehead atoms. The van der Waals surface area contributed by atoms with Gasteiger partial charge in [-0.25, -0.2) is 4.79 Å². The highest BCUT2D eigenvalue weighted by Crippen LogP contribution is 2.25. The van der Waals surface area contributed by atoms with Crippen molar-refractivity contribution in [1.82, 2.24) is 0 Å². The molecule has 0 saturated carbocycles. The van der Waals surface area contributed by atoms with Crippen molar-refractivity contribution in [3.63, 3.8) is 0 Å². The lowest BCUT2D eigenvalue weighted by atomic mass is 10.1. The van der Waals surface area contributed by atoms with Crippen molar-refractivity contribution in [3.8, 4) is 17.6 Å². The molecule has 0 unspecified atom stereocenters. The van der Waals surface area contributed by atoms with Gasteiger partial charge in [0.25, 0.3) is 0 Å². The molecule has 0 aliphatic carbocycles. The van der Waals surface area contributed by atoms with Gasteiger partial charge in [-0.15, -0.1) is 0 Å². The molecular formula is C15H16N2O5. The standard InChI is InChI=1S/C15H16N2O5/c1-10(17)11(7-16)12(18)8-22-15(19)9-21-14-6-4-3-5-13(14)20-2/h3-6H,8-9,17H2,1-2H3/b11-10-. The summed E-state index contributed by atoms with van der Waals surface area (Å²) in [6.45, 7) is 0.468. The summed E-state index contributed by atoms with van der Waals surface area (Å²) < 4.78 is 15.0. The molecule has 0 aliphatic heterocycles. The van der Waals surface area contributed by atoms with Gasteiger partial charge in [0.1, 0.15) is 11.6 Å². The monoisotopic (exact) mass is 304 g/mol. The molecule has 0 atom stereocenters. The molecule has 2 N–H and O–H groups in total. The van der Waals surface area contributed by atoms with Crippen LogP contribution in [0.3, 0.4) is 0 Å². The van der Waals surface area contributed by atoms with E-state index in [-0.39, 0.29) is 17.9 Å². The fourth-order valence-electron chi connectivity index (χ4n) is 1.51. The van der Waals surface area contributed by atoms with Crippen LogP contribution in [0.15, 0.2) is 35.5 Å². The van der Waals surface area contributed by atoms with Gasteiger partial charge in [0, 0.05) is 5.70 Å². The summed E-state index contributed by atoms with van der Waals surface area (Å²) in [7, 11) is 1.48. The van der Waals surface area contributed by atoms with E-state index in [2.05, 4.69) is 0 Å². The number of para-hydroxylation sites is 2. The average Bonchev–Trinajstić information content (AvgIpc) is 2.51. The molecule has 0 aliphatic rings. The lowest BCUT2D eigenvalue weighted by Gasteiger charge is -2.09. The summed E-state index contributed by atoms with van der Waals surface area (Å²) in [5, 5.41) is 8.75. The van der Waals surface area contributed by atoms with Gasteiger partial charge >= 0.3 is 5.97 Å². The van der Waals surface area contributed by atoms with Gasteiger partial charge in [0.2, 0.25) is 5.78 Å². The summed E-state index contributed by atoms with van der Waals surface area (Å²) in [6.07, 6.45) is 0. The van der Waals surface area contributed by atoms with E-state index in [0.29, 0.717) is 11.5 Å². The molecule has 116 valence electrons. The molecule has 0 radical (unpaired) electrons. The number of nitrogens with two attached hydrogens (primary N) is 1. The number of esters is 1. The highest BCUT2D eigenvalue weighted by Gasteiger charge is 2.15. The van der Waals surface area contributed by atoms with Crippen molar-refractivity contribution in [2.45, 2.75) is 6.92 Å². The maximum Gasteiger partial charge on any atom is 0.344 e. The molecule has 1 aromatic carbocycles. The number of nitriles is 1. The third-order valence-electron chi connectivity index (χ3n) is 2.56. The number of methoxy groups -OCH3 is 1. The molecule has 22 heavy (non-hydrogen) atoms. The van der Waals surface area contributed by atoms with E-state index < -0.39 is 18.4 Å². The molecule has 0 heterocycles. The van der Waals surface area contributed by atoms with Crippen LogP contribution in [-0.4, -0.2) is 32.1 Å². The Hall–Kier alpha value is -3.01. The average molecular weight is 304 g/mol. The van der Waals surface area contributed by atoms with E-state index >= 15 is 0 Å². The second-order valence-corrected chi connectivity index (χ2v) is 4.19. The Morgan fingerprint density at radius 2 is 1.86 bits per heavy atom. The number of carbonyl (C=O) groups excluding carboxylic acids is 2. The van der Waals surface area contributed by atoms with Crippen LogP contribution in [0.2, 0.25) is 0 Å². The lowest BCUT2D eigenvalue weighted by Crippen LogP contribution is -2.21. The first-order chi connectivity index (χ1) is 10.5. The number of hydrogen-bond acceptors (Lipinski definition) is 7. The molecule has 0 aromatic heterocycles. The Morgan fingerprint density at radius 3 is 2.41 bits per heavy atom. The van der Waals surface area contributed by atoms with Crippen LogP contribution < -0.4 is 15.2 Å². The lowest BCUT2D eigenvalue weighted by molar-refractivity contribution is -0.149. The predicted molar refractivity (Wildman–Crippen MR) is 77.0 cm³/mol. The summed E-state index contributed by atoms with van der Waals surface area (Å²) in [4.78, 5) is 23.1. The number of benzene rings is 1. The number of ether oxygens (including phenoxy) is 3. The largest absolute Gasteiger partial charge is 0.493 e. The Kier molecular flexibility index (Phi) is 6.44. The van der Waals surface area contributed by atoms with Crippen molar-refractivity contribution >= 4 is 11.8 Å². The molecule has 0 amide bonds. The van der Waals surface area contributed by atoms with Crippen molar-refractivity contribution < 1.29 is 23.8 Å². The summed E-state index contributed by atoms with van der Waals surface area (Å²) in [6, 6.07) is 8.45. The first-order valence-corrected chi connectivity index (χ1v) is 6.30. The van der Waals surface area contributed by atoms with Crippen molar-refractivity contribution in [2.24, 2.45) is 5.73 Å². The first-order valence-electron chi connectivity index (χ1n) is 6.30. The first kappa shape index (κ1) is 17.0. The number of Topliss-reactive ketones (excluding diaryl/α,β-unsaturated/α-hetero) is 1. The van der Waals surface area contributed by atoms with E-state index in [9.17, 15) is 9.59 Å². The molecule has 0 saturated heterocycles. The number of nitrogens with zero attached hydrogens (tertiary/aromatic N) is 1. The SMILES string of the molecule is COc1ccccc1OCC(=O)OCC(=O)/C(C#N)=C(/C)N. The topological polar surface area (TPSA) is 112 Å². The zero-order chi connectivity index (χ0) is 16.5. The second-order valence-electron chi connectivity index (χ2n) is 4.19. The summed E-state index contributed by atoms with van der Waals surface area (Å²) in [5.74, 6) is -0.553. The van der Waals surface area contributed by atoms with E-state index in [1.54, 1.807) is 30.3 Å². The predicted octanol–water partition coefficient (Wildman–Crippen LogP) is 0.943. The van der Waals surface area contributed by atoms with Gasteiger partial charge in [-0.3, -0.25) is 4.79 Å². The molecule has 0 fully saturated rings. The minimum absolute atomic E-state index is 0.0776. The van der Waals surface area contributed by atoms with Gasteiger partial charge in [0.15, 0.2) is 24.7 Å². The van der Waals surface area contributed by atoms with E-state index in [1.165, 1.54) is 14.0 Å². The molecule has 7 nitrogen and oxygen atoms in total. The van der Waals surface area contributed by atoms with Gasteiger partial charge in [0.05, 0.1) is 7.11 Å². The molecular weight excluding hydrogens is 288 g/mol. The summed E-state index contributed by atoms with van der Waals surface area (Å²) in [5.41, 5.74) is 5.23. The maximum atomic E-state index is 11.6. The third-order valence-corrected chi connectivity index (χ3v) is 2.56. The number of carbonyl (C=O) groups is 2. The highest BCUT2D eigenvalue weighted by atomic mass is 16.6. The molecule has 0 spiro atoms. The van der Waals surface area contributed by atoms with E-state index in [0.717, 1.165) is 0 Å². The van der Waals surface area contributed by atoms with Crippen LogP contribution in [0.25, 0.3) is 0 Å². The van der Waals surface area contributed by atoms with Crippen LogP contribution in [0.4, 0.5) is 0 Å². The van der Waals surface area contributed by atoms with E-state index in [4.69, 9.17) is 25.2 Å². The number of rotatable bonds is 7. The smallest absolute Gasteiger partial charge is 0.344 e. The number of ketones is 1. The third kappa shape index (κ3) is 4.83. The van der Waals surface area contributed by atoms with Crippen LogP contribution >= 0.6 is 0 Å². The van der Waals surface area contributed by atoms with Crippen LogP contribution in [-0.2, 0) is 14.3 Å². The molecule has 1 aromatic rings. The molecule has 7 heteroatoms. The van der Waals surface area contributed by atoms with Gasteiger partial charge in [-0.1, -0.05) is 12.1 Å². The minimum atomic E-state index is -0.744. The van der Waals surface area contributed by atoms with Gasteiger partial charge < -0.3 is 19.9 Å². The Morgan fingerprint density at radius 1 is 1.23 bits per heavy atom. The minimum Gasteiger partial charge on any atom is -0.493 e. The Labute approximate surface area is 127 Å². The zero-order valence-electron chi connectivity index (χ0n) is 12.3. The Balaban J connectivity index is 2.50. The number of hydrogen-bond donors (Lipinski definition) is 1. The van der Waals surface area contributed by atoms with Crippen LogP contribution in [0.1, 0.15) is 6.92 Å².